The summed E-state index contributed by atoms with van der Waals surface area (Å²) in [6.07, 6.45) is 4.88. The lowest BCUT2D eigenvalue weighted by atomic mass is 10.1. The average molecular weight is 311 g/mol. The van der Waals surface area contributed by atoms with E-state index >= 15 is 0 Å². The summed E-state index contributed by atoms with van der Waals surface area (Å²) in [4.78, 5) is 19.7. The zero-order valence-corrected chi connectivity index (χ0v) is 14.6. The van der Waals surface area contributed by atoms with Gasteiger partial charge in [0.25, 0.3) is 0 Å². The van der Waals surface area contributed by atoms with Gasteiger partial charge >= 0.3 is 0 Å². The number of ether oxygens (including phenoxy) is 1. The van der Waals surface area contributed by atoms with Crippen molar-refractivity contribution in [2.24, 2.45) is 0 Å². The highest BCUT2D eigenvalue weighted by atomic mass is 16.5. The van der Waals surface area contributed by atoms with E-state index in [1.807, 2.05) is 0 Å². The molecule has 2 aliphatic heterocycles. The third-order valence-electron chi connectivity index (χ3n) is 5.20. The monoisotopic (exact) mass is 311 g/mol. The Bertz CT molecular complexity index is 343. The minimum Gasteiger partial charge on any atom is -0.383 e. The van der Waals surface area contributed by atoms with Gasteiger partial charge in [0, 0.05) is 52.4 Å². The van der Waals surface area contributed by atoms with Crippen LogP contribution < -0.4 is 0 Å². The Labute approximate surface area is 135 Å². The van der Waals surface area contributed by atoms with Crippen LogP contribution in [0.2, 0.25) is 0 Å². The van der Waals surface area contributed by atoms with Crippen LogP contribution in [0, 0.1) is 0 Å². The zero-order valence-electron chi connectivity index (χ0n) is 14.6. The number of methoxy groups -OCH3 is 1. The molecule has 0 unspecified atom stereocenters. The SMILES string of the molecule is COCCN1CCN([C@H](C)C(=O)N2CCCCCC2)C[C@H]1C. The van der Waals surface area contributed by atoms with Crippen molar-refractivity contribution in [3.63, 3.8) is 0 Å². The normalized spacial score (nSPS) is 26.7. The van der Waals surface area contributed by atoms with E-state index in [-0.39, 0.29) is 6.04 Å². The van der Waals surface area contributed by atoms with Crippen LogP contribution in [-0.4, -0.2) is 85.7 Å². The van der Waals surface area contributed by atoms with Crippen molar-refractivity contribution in [2.45, 2.75) is 51.6 Å². The Hall–Kier alpha value is -0.650. The molecule has 0 saturated carbocycles. The first-order valence-electron chi connectivity index (χ1n) is 8.89. The lowest BCUT2D eigenvalue weighted by molar-refractivity contribution is -0.137. The first kappa shape index (κ1) is 17.7. The van der Waals surface area contributed by atoms with Crippen LogP contribution in [0.15, 0.2) is 0 Å². The molecule has 2 heterocycles. The molecular weight excluding hydrogens is 278 g/mol. The van der Waals surface area contributed by atoms with Gasteiger partial charge in [-0.3, -0.25) is 14.6 Å². The smallest absolute Gasteiger partial charge is 0.239 e. The number of nitrogens with zero attached hydrogens (tertiary/aromatic N) is 3. The summed E-state index contributed by atoms with van der Waals surface area (Å²) in [7, 11) is 1.75. The number of piperazine rings is 1. The molecule has 5 heteroatoms. The molecule has 2 fully saturated rings. The Morgan fingerprint density at radius 3 is 2.41 bits per heavy atom. The van der Waals surface area contributed by atoms with Crippen molar-refractivity contribution in [1.82, 2.24) is 14.7 Å². The van der Waals surface area contributed by atoms with Crippen LogP contribution in [0.1, 0.15) is 39.5 Å². The molecule has 2 rings (SSSR count). The largest absolute Gasteiger partial charge is 0.383 e. The van der Waals surface area contributed by atoms with Crippen LogP contribution in [0.5, 0.6) is 0 Å². The second-order valence-corrected chi connectivity index (χ2v) is 6.79. The van der Waals surface area contributed by atoms with Gasteiger partial charge in [-0.1, -0.05) is 12.8 Å². The van der Waals surface area contributed by atoms with Crippen molar-refractivity contribution in [2.75, 3.05) is 53.0 Å². The molecule has 0 aromatic rings. The van der Waals surface area contributed by atoms with Gasteiger partial charge in [0.2, 0.25) is 5.91 Å². The van der Waals surface area contributed by atoms with Crippen molar-refractivity contribution in [3.8, 4) is 0 Å². The average Bonchev–Trinajstić information content (AvgIpc) is 2.81. The molecule has 0 radical (unpaired) electrons. The fourth-order valence-electron chi connectivity index (χ4n) is 3.63. The summed E-state index contributed by atoms with van der Waals surface area (Å²) in [5, 5.41) is 0. The number of hydrogen-bond donors (Lipinski definition) is 0. The summed E-state index contributed by atoms with van der Waals surface area (Å²) in [5.41, 5.74) is 0. The molecule has 0 N–H and O–H groups in total. The van der Waals surface area contributed by atoms with Crippen LogP contribution in [0.3, 0.4) is 0 Å². The minimum absolute atomic E-state index is 0.0186. The van der Waals surface area contributed by atoms with E-state index in [2.05, 4.69) is 28.5 Å². The topological polar surface area (TPSA) is 36.0 Å². The number of carbonyl (C=O) groups is 1. The van der Waals surface area contributed by atoms with Crippen LogP contribution >= 0.6 is 0 Å². The second kappa shape index (κ2) is 8.85. The maximum Gasteiger partial charge on any atom is 0.239 e. The van der Waals surface area contributed by atoms with Gasteiger partial charge in [-0.15, -0.1) is 0 Å². The molecule has 0 bridgehead atoms. The lowest BCUT2D eigenvalue weighted by Crippen LogP contribution is -2.58. The van der Waals surface area contributed by atoms with Gasteiger partial charge in [-0.25, -0.2) is 0 Å². The molecule has 128 valence electrons. The molecule has 0 spiro atoms. The minimum atomic E-state index is 0.0186. The van der Waals surface area contributed by atoms with Crippen molar-refractivity contribution < 1.29 is 9.53 Å². The van der Waals surface area contributed by atoms with E-state index in [1.165, 1.54) is 25.7 Å². The number of hydrogen-bond acceptors (Lipinski definition) is 4. The summed E-state index contributed by atoms with van der Waals surface area (Å²) in [6.45, 7) is 11.0. The highest BCUT2D eigenvalue weighted by Gasteiger charge is 2.31. The van der Waals surface area contributed by atoms with Gasteiger partial charge in [-0.05, 0) is 26.7 Å². The molecule has 2 atom stereocenters. The lowest BCUT2D eigenvalue weighted by Gasteiger charge is -2.42. The van der Waals surface area contributed by atoms with Crippen molar-refractivity contribution in [1.29, 1.82) is 0 Å². The zero-order chi connectivity index (χ0) is 15.9. The summed E-state index contributed by atoms with van der Waals surface area (Å²) in [5.74, 6) is 0.333. The number of likely N-dealkylation sites (tertiary alicyclic amines) is 1. The van der Waals surface area contributed by atoms with E-state index < -0.39 is 0 Å². The van der Waals surface area contributed by atoms with Gasteiger partial charge in [-0.2, -0.15) is 0 Å². The molecule has 0 aromatic heterocycles. The molecule has 1 amide bonds. The first-order valence-corrected chi connectivity index (χ1v) is 8.89. The van der Waals surface area contributed by atoms with Crippen LogP contribution in [0.25, 0.3) is 0 Å². The predicted molar refractivity (Wildman–Crippen MR) is 89.0 cm³/mol. The quantitative estimate of drug-likeness (QED) is 0.769. The number of carbonyl (C=O) groups excluding carboxylic acids is 1. The van der Waals surface area contributed by atoms with E-state index in [0.717, 1.165) is 45.9 Å². The third-order valence-corrected chi connectivity index (χ3v) is 5.20. The van der Waals surface area contributed by atoms with Gasteiger partial charge in [0.15, 0.2) is 0 Å². The Morgan fingerprint density at radius 1 is 1.14 bits per heavy atom. The van der Waals surface area contributed by atoms with Crippen molar-refractivity contribution >= 4 is 5.91 Å². The van der Waals surface area contributed by atoms with E-state index in [0.29, 0.717) is 11.9 Å². The molecule has 5 nitrogen and oxygen atoms in total. The Balaban J connectivity index is 1.84. The summed E-state index contributed by atoms with van der Waals surface area (Å²) >= 11 is 0. The molecule has 0 aliphatic carbocycles. The fourth-order valence-corrected chi connectivity index (χ4v) is 3.63. The molecule has 0 aromatic carbocycles. The van der Waals surface area contributed by atoms with Gasteiger partial charge in [0.05, 0.1) is 12.6 Å². The number of rotatable bonds is 5. The maximum atomic E-state index is 12.8. The summed E-state index contributed by atoms with van der Waals surface area (Å²) in [6, 6.07) is 0.508. The van der Waals surface area contributed by atoms with Crippen molar-refractivity contribution in [3.05, 3.63) is 0 Å². The summed E-state index contributed by atoms with van der Waals surface area (Å²) < 4.78 is 5.18. The highest BCUT2D eigenvalue weighted by Crippen LogP contribution is 2.16. The van der Waals surface area contributed by atoms with E-state index in [1.54, 1.807) is 7.11 Å². The second-order valence-electron chi connectivity index (χ2n) is 6.79. The van der Waals surface area contributed by atoms with Crippen LogP contribution in [0.4, 0.5) is 0 Å². The molecule has 2 saturated heterocycles. The highest BCUT2D eigenvalue weighted by molar-refractivity contribution is 5.81. The standard InChI is InChI=1S/C17H33N3O2/c1-15-14-20(11-10-18(15)12-13-22-3)16(2)17(21)19-8-6-4-5-7-9-19/h15-16H,4-14H2,1-3H3/t15-,16-/m1/s1. The molecule has 22 heavy (non-hydrogen) atoms. The first-order chi connectivity index (χ1) is 10.6. The third kappa shape index (κ3) is 4.67. The molecule has 2 aliphatic rings. The van der Waals surface area contributed by atoms with E-state index in [9.17, 15) is 4.79 Å². The fraction of sp³-hybridized carbons (Fsp3) is 0.941. The Morgan fingerprint density at radius 2 is 1.82 bits per heavy atom. The van der Waals surface area contributed by atoms with Crippen LogP contribution in [-0.2, 0) is 9.53 Å². The molecular formula is C17H33N3O2. The Kier molecular flexibility index (Phi) is 7.12. The van der Waals surface area contributed by atoms with Gasteiger partial charge in [0.1, 0.15) is 0 Å². The maximum absolute atomic E-state index is 12.8. The van der Waals surface area contributed by atoms with Gasteiger partial charge < -0.3 is 9.64 Å². The number of amides is 1. The van der Waals surface area contributed by atoms with E-state index in [4.69, 9.17) is 4.74 Å². The predicted octanol–water partition coefficient (Wildman–Crippen LogP) is 1.43.